The van der Waals surface area contributed by atoms with Gasteiger partial charge in [0.15, 0.2) is 18.0 Å². The fraction of sp³-hybridized carbons (Fsp3) is 0.806. The Kier molecular flexibility index (Phi) is 33.3. The van der Waals surface area contributed by atoms with Crippen molar-refractivity contribution < 1.29 is 114 Å². The Morgan fingerprint density at radius 2 is 0.849 bits per heavy atom. The van der Waals surface area contributed by atoms with Crippen LogP contribution in [0, 0.1) is 33.5 Å². The van der Waals surface area contributed by atoms with Crippen LogP contribution in [-0.4, -0.2) is 154 Å². The summed E-state index contributed by atoms with van der Waals surface area (Å²) >= 11 is 0. The van der Waals surface area contributed by atoms with Crippen LogP contribution in [0.1, 0.15) is 208 Å². The van der Waals surface area contributed by atoms with Crippen LogP contribution in [0.15, 0.2) is 0 Å². The van der Waals surface area contributed by atoms with Gasteiger partial charge in [-0.25, -0.2) is 19.2 Å². The van der Waals surface area contributed by atoms with Gasteiger partial charge in [-0.3, -0.25) is 38.4 Å². The Hall–Kier alpha value is -6.20. The first kappa shape index (κ1) is 77.8. The minimum atomic E-state index is -0.708. The van der Waals surface area contributed by atoms with E-state index in [1.54, 1.807) is 48.5 Å². The molecule has 24 heteroatoms. The van der Waals surface area contributed by atoms with Crippen LogP contribution in [0.5, 0.6) is 0 Å². The molecule has 492 valence electrons. The minimum Gasteiger partial charge on any atom is -0.465 e. The Morgan fingerprint density at radius 3 is 1.22 bits per heavy atom. The first-order valence-electron chi connectivity index (χ1n) is 30.2. The fourth-order valence-electron chi connectivity index (χ4n) is 6.70. The number of ether oxygens (including phenoxy) is 12. The van der Waals surface area contributed by atoms with Gasteiger partial charge in [0.05, 0.1) is 73.0 Å². The predicted molar refractivity (Wildman–Crippen MR) is 307 cm³/mol. The highest BCUT2D eigenvalue weighted by atomic mass is 16.6. The summed E-state index contributed by atoms with van der Waals surface area (Å²) in [4.78, 5) is 136. The van der Waals surface area contributed by atoms with Crippen molar-refractivity contribution in [3.63, 3.8) is 0 Å². The molecular weight excluding hydrogens is 1130 g/mol. The van der Waals surface area contributed by atoms with Crippen LogP contribution in [-0.2, 0) is 114 Å². The van der Waals surface area contributed by atoms with Gasteiger partial charge in [0.1, 0.15) is 18.8 Å². The highest BCUT2D eigenvalue weighted by Gasteiger charge is 2.42. The third-order valence-corrected chi connectivity index (χ3v) is 15.7. The summed E-state index contributed by atoms with van der Waals surface area (Å²) in [7, 11) is 0. The van der Waals surface area contributed by atoms with Crippen molar-refractivity contribution in [1.82, 2.24) is 0 Å². The van der Waals surface area contributed by atoms with Crippen LogP contribution in [0.25, 0.3) is 0 Å². The third kappa shape index (κ3) is 26.8. The van der Waals surface area contributed by atoms with Gasteiger partial charge in [-0.2, -0.15) is 0 Å². The highest BCUT2D eigenvalue weighted by molar-refractivity contribution is 5.88. The Labute approximate surface area is 507 Å². The molecule has 8 unspecified atom stereocenters. The van der Waals surface area contributed by atoms with Gasteiger partial charge in [-0.05, 0) is 120 Å². The van der Waals surface area contributed by atoms with Crippen molar-refractivity contribution in [2.24, 2.45) is 33.5 Å². The van der Waals surface area contributed by atoms with Crippen LogP contribution < -0.4 is 0 Å². The molecule has 86 heavy (non-hydrogen) atoms. The molecule has 0 spiro atoms. The molecule has 0 bridgehead atoms. The zero-order valence-corrected chi connectivity index (χ0v) is 54.2. The van der Waals surface area contributed by atoms with E-state index in [0.717, 1.165) is 25.7 Å². The van der Waals surface area contributed by atoms with Crippen molar-refractivity contribution >= 4 is 71.4 Å². The number of rotatable bonds is 18. The zero-order chi connectivity index (χ0) is 65.8. The first-order chi connectivity index (χ1) is 40.0. The molecule has 0 radical (unpaired) electrons. The maximum atomic E-state index is 11.9. The molecule has 6 rings (SSSR count). The molecule has 0 saturated carbocycles. The van der Waals surface area contributed by atoms with Gasteiger partial charge >= 0.3 is 65.7 Å². The number of ketones is 1. The Morgan fingerprint density at radius 1 is 0.465 bits per heavy atom. The topological polar surface area (TPSA) is 316 Å². The lowest BCUT2D eigenvalue weighted by Gasteiger charge is -2.35. The van der Waals surface area contributed by atoms with Crippen LogP contribution in [0.3, 0.4) is 0 Å². The van der Waals surface area contributed by atoms with E-state index in [1.807, 2.05) is 69.2 Å². The summed E-state index contributed by atoms with van der Waals surface area (Å²) in [6.45, 7) is 33.6. The fourth-order valence-corrected chi connectivity index (χ4v) is 6.70. The molecule has 8 atom stereocenters. The number of carbonyl (C=O) groups excluding carboxylic acids is 12. The lowest BCUT2D eigenvalue weighted by atomic mass is 9.89. The first-order valence-corrected chi connectivity index (χ1v) is 30.2. The molecule has 24 nitrogen and oxygen atoms in total. The standard InChI is InChI=1S/2C12H20O4.2C10H16O4.2C9H14O4/c1-5-11(2,3)10(14)16-12(4)6-7-15-9(13)8-12;1-4-12(2,3)11(14)16-9-7-5-6-8-15-10(9)13;1-4-10(2,3)9(12)14-7-5-6-13-8(7)11;1-3-7(2)10(12)14-9-4-5-13-6-8(9)11;1-4-9(2,3)8(11)13-6-5-12-7(6)10;1-3-6(2)8(10)13-7-4-5-12-9(7)11/h5-8H2,1-4H3;9H,4-8H2,1-3H3;7H,4-6H2,1-3H3;7,9H,3-6H2,1-2H3;6H,4-5H2,1-3H3;6-7H,3-5H2,1-2H3. The van der Waals surface area contributed by atoms with Crippen molar-refractivity contribution in [3.8, 4) is 0 Å². The lowest BCUT2D eigenvalue weighted by Crippen LogP contribution is -2.45. The Bertz CT molecular complexity index is 2280. The average molecular weight is 1230 g/mol. The maximum Gasteiger partial charge on any atom is 0.351 e. The SMILES string of the molecule is CCC(C)(C)C(=O)OC1(C)CCOC(=O)C1.CCC(C)(C)C(=O)OC1CCCCOC1=O.CCC(C)(C)C(=O)OC1CCOC1=O.CCC(C)(C)C(=O)OC1COC1=O.CCC(C)C(=O)OC1CCOC1=O.CCC(C)C(=O)OC1CCOCC1=O. The second-order valence-corrected chi connectivity index (χ2v) is 24.6. The van der Waals surface area contributed by atoms with Crippen LogP contribution in [0.4, 0.5) is 0 Å². The van der Waals surface area contributed by atoms with E-state index in [4.69, 9.17) is 47.4 Å². The van der Waals surface area contributed by atoms with Gasteiger partial charge in [0.2, 0.25) is 18.3 Å². The maximum absolute atomic E-state index is 11.9. The van der Waals surface area contributed by atoms with Crippen LogP contribution in [0.2, 0.25) is 0 Å². The number of hydrogen-bond acceptors (Lipinski definition) is 24. The normalized spacial score (nSPS) is 23.4. The molecule has 6 fully saturated rings. The molecule has 6 aliphatic heterocycles. The Balaban J connectivity index is 0.000000517. The molecule has 6 heterocycles. The minimum absolute atomic E-state index is 0.0679. The number of cyclic esters (lactones) is 5. The van der Waals surface area contributed by atoms with E-state index in [-0.39, 0.29) is 79.0 Å². The number of Topliss-reactive ketones (excluding diaryl/α,β-unsaturated/α-hetero) is 1. The molecular formula is C62H100O24. The average Bonchev–Trinajstić information content (AvgIpc) is 3.13. The molecule has 0 N–H and O–H groups in total. The molecule has 6 saturated heterocycles. The smallest absolute Gasteiger partial charge is 0.351 e. The summed E-state index contributed by atoms with van der Waals surface area (Å²) in [5, 5.41) is 0. The number of hydrogen-bond donors (Lipinski definition) is 0. The summed E-state index contributed by atoms with van der Waals surface area (Å²) < 4.78 is 59.3. The summed E-state index contributed by atoms with van der Waals surface area (Å²) in [6.07, 6.45) is 5.38. The van der Waals surface area contributed by atoms with Gasteiger partial charge < -0.3 is 56.8 Å². The molecule has 0 aromatic carbocycles. The number of esters is 11. The molecule has 0 aromatic heterocycles. The van der Waals surface area contributed by atoms with E-state index in [9.17, 15) is 57.5 Å². The van der Waals surface area contributed by atoms with E-state index >= 15 is 0 Å². The molecule has 0 aliphatic carbocycles. The molecule has 6 aliphatic rings. The molecule has 0 aromatic rings. The van der Waals surface area contributed by atoms with Crippen LogP contribution >= 0.6 is 0 Å². The summed E-state index contributed by atoms with van der Waals surface area (Å²) in [5.74, 6) is -4.23. The quantitative estimate of drug-likeness (QED) is 0.0923. The zero-order valence-electron chi connectivity index (χ0n) is 54.2. The molecule has 0 amide bonds. The summed E-state index contributed by atoms with van der Waals surface area (Å²) in [6, 6.07) is 0. The largest absolute Gasteiger partial charge is 0.465 e. The van der Waals surface area contributed by atoms with E-state index < -0.39 is 81.7 Å². The second kappa shape index (κ2) is 36.8. The predicted octanol–water partition coefficient (Wildman–Crippen LogP) is 8.12. The van der Waals surface area contributed by atoms with E-state index in [2.05, 4.69) is 9.47 Å². The van der Waals surface area contributed by atoms with Crippen molar-refractivity contribution in [2.75, 3.05) is 46.2 Å². The second-order valence-electron chi connectivity index (χ2n) is 24.6. The van der Waals surface area contributed by atoms with Gasteiger partial charge in [-0.1, -0.05) is 55.4 Å². The number of carbonyl (C=O) groups is 12. The van der Waals surface area contributed by atoms with Gasteiger partial charge in [0.25, 0.3) is 0 Å². The monoisotopic (exact) mass is 1230 g/mol. The van der Waals surface area contributed by atoms with Crippen molar-refractivity contribution in [3.05, 3.63) is 0 Å². The van der Waals surface area contributed by atoms with E-state index in [0.29, 0.717) is 90.8 Å². The highest BCUT2D eigenvalue weighted by Crippen LogP contribution is 2.31. The van der Waals surface area contributed by atoms with Crippen molar-refractivity contribution in [2.45, 2.75) is 244 Å². The van der Waals surface area contributed by atoms with Crippen molar-refractivity contribution in [1.29, 1.82) is 0 Å². The van der Waals surface area contributed by atoms with Gasteiger partial charge in [-0.15, -0.1) is 0 Å². The summed E-state index contributed by atoms with van der Waals surface area (Å²) in [5.41, 5.74) is -2.77. The van der Waals surface area contributed by atoms with Gasteiger partial charge in [0, 0.05) is 25.7 Å². The van der Waals surface area contributed by atoms with E-state index in [1.165, 1.54) is 0 Å². The third-order valence-electron chi connectivity index (χ3n) is 15.7. The lowest BCUT2D eigenvalue weighted by molar-refractivity contribution is -0.196.